The van der Waals surface area contributed by atoms with Gasteiger partial charge in [-0.3, -0.25) is 9.59 Å². The zero-order valence-electron chi connectivity index (χ0n) is 11.3. The average Bonchev–Trinajstić information content (AvgIpc) is 2.28. The Balaban J connectivity index is 2.71. The molecule has 0 bridgehead atoms. The molecule has 0 saturated carbocycles. The summed E-state index contributed by atoms with van der Waals surface area (Å²) in [6.07, 6.45) is -0.0613. The zero-order valence-corrected chi connectivity index (χ0v) is 11.3. The number of hydrogen-bond acceptors (Lipinski definition) is 3. The molecule has 0 fully saturated rings. The first-order valence-corrected chi connectivity index (χ1v) is 5.84. The van der Waals surface area contributed by atoms with Crippen molar-refractivity contribution in [2.24, 2.45) is 0 Å². The van der Waals surface area contributed by atoms with E-state index in [9.17, 15) is 9.59 Å². The summed E-state index contributed by atoms with van der Waals surface area (Å²) >= 11 is 0. The van der Waals surface area contributed by atoms with E-state index in [0.29, 0.717) is 6.54 Å². The van der Waals surface area contributed by atoms with Crippen molar-refractivity contribution in [2.45, 2.75) is 33.7 Å². The van der Waals surface area contributed by atoms with Crippen LogP contribution in [-0.4, -0.2) is 18.8 Å². The summed E-state index contributed by atoms with van der Waals surface area (Å²) in [4.78, 5) is 22.2. The van der Waals surface area contributed by atoms with Crippen molar-refractivity contribution in [1.82, 2.24) is 5.32 Å². The standard InChI is InChI=1S/C14H19NO3/c1-9-6-13(18-4)10(2)5-12(9)8-15-14(17)7-11(3)16/h5-6H,7-8H2,1-4H3,(H,15,17). The monoisotopic (exact) mass is 249 g/mol. The minimum Gasteiger partial charge on any atom is -0.496 e. The maximum atomic E-state index is 11.4. The number of rotatable bonds is 5. The van der Waals surface area contributed by atoms with Gasteiger partial charge in [-0.2, -0.15) is 0 Å². The maximum Gasteiger partial charge on any atom is 0.227 e. The molecule has 0 unspecified atom stereocenters. The molecule has 0 aliphatic heterocycles. The number of methoxy groups -OCH3 is 1. The summed E-state index contributed by atoms with van der Waals surface area (Å²) < 4.78 is 5.23. The minimum atomic E-state index is -0.240. The number of Topliss-reactive ketones (excluding diaryl/α,β-unsaturated/α-hetero) is 1. The molecule has 1 aromatic carbocycles. The van der Waals surface area contributed by atoms with Gasteiger partial charge in [-0.1, -0.05) is 6.07 Å². The Hall–Kier alpha value is -1.84. The fourth-order valence-corrected chi connectivity index (χ4v) is 1.74. The number of hydrogen-bond donors (Lipinski definition) is 1. The number of carbonyl (C=O) groups is 2. The third kappa shape index (κ3) is 3.87. The van der Waals surface area contributed by atoms with E-state index in [1.54, 1.807) is 7.11 Å². The lowest BCUT2D eigenvalue weighted by molar-refractivity contribution is -0.127. The van der Waals surface area contributed by atoms with Crippen molar-refractivity contribution in [1.29, 1.82) is 0 Å². The first-order chi connectivity index (χ1) is 8.43. The number of carbonyl (C=O) groups excluding carboxylic acids is 2. The Morgan fingerprint density at radius 1 is 1.22 bits per heavy atom. The van der Waals surface area contributed by atoms with Crippen LogP contribution in [0.5, 0.6) is 5.75 Å². The summed E-state index contributed by atoms with van der Waals surface area (Å²) in [6, 6.07) is 3.93. The number of ketones is 1. The van der Waals surface area contributed by atoms with Crippen LogP contribution in [0.25, 0.3) is 0 Å². The molecule has 0 aliphatic carbocycles. The van der Waals surface area contributed by atoms with Gasteiger partial charge >= 0.3 is 0 Å². The van der Waals surface area contributed by atoms with Crippen molar-refractivity contribution in [3.63, 3.8) is 0 Å². The Bertz CT molecular complexity index is 466. The fourth-order valence-electron chi connectivity index (χ4n) is 1.74. The second kappa shape index (κ2) is 6.19. The number of nitrogens with one attached hydrogen (secondary N) is 1. The minimum absolute atomic E-state index is 0.0613. The molecule has 1 amide bonds. The molecule has 98 valence electrons. The average molecular weight is 249 g/mol. The number of amides is 1. The van der Waals surface area contributed by atoms with Crippen LogP contribution < -0.4 is 10.1 Å². The summed E-state index contributed by atoms with van der Waals surface area (Å²) in [5.74, 6) is 0.469. The van der Waals surface area contributed by atoms with E-state index in [1.807, 2.05) is 26.0 Å². The van der Waals surface area contributed by atoms with E-state index in [4.69, 9.17) is 4.74 Å². The molecule has 1 rings (SSSR count). The number of benzene rings is 1. The van der Waals surface area contributed by atoms with Crippen LogP contribution in [0.2, 0.25) is 0 Å². The van der Waals surface area contributed by atoms with Gasteiger partial charge < -0.3 is 10.1 Å². The molecule has 0 heterocycles. The van der Waals surface area contributed by atoms with Crippen molar-refractivity contribution in [3.8, 4) is 5.75 Å². The van der Waals surface area contributed by atoms with E-state index in [0.717, 1.165) is 22.4 Å². The summed E-state index contributed by atoms with van der Waals surface area (Å²) in [5.41, 5.74) is 3.12. The summed E-state index contributed by atoms with van der Waals surface area (Å²) in [6.45, 7) is 5.76. The third-order valence-corrected chi connectivity index (χ3v) is 2.74. The lowest BCUT2D eigenvalue weighted by Gasteiger charge is -2.12. The first kappa shape index (κ1) is 14.2. The molecule has 0 aliphatic rings. The van der Waals surface area contributed by atoms with E-state index >= 15 is 0 Å². The predicted molar refractivity (Wildman–Crippen MR) is 69.6 cm³/mol. The SMILES string of the molecule is COc1cc(C)c(CNC(=O)CC(C)=O)cc1C. The van der Waals surface area contributed by atoms with Crippen molar-refractivity contribution >= 4 is 11.7 Å². The molecule has 0 spiro atoms. The van der Waals surface area contributed by atoms with E-state index < -0.39 is 0 Å². The van der Waals surface area contributed by atoms with Gasteiger partial charge in [0, 0.05) is 6.54 Å². The van der Waals surface area contributed by atoms with Gasteiger partial charge in [-0.25, -0.2) is 0 Å². The van der Waals surface area contributed by atoms with E-state index in [-0.39, 0.29) is 18.1 Å². The quantitative estimate of drug-likeness (QED) is 0.811. The highest BCUT2D eigenvalue weighted by atomic mass is 16.5. The van der Waals surface area contributed by atoms with Crippen molar-refractivity contribution < 1.29 is 14.3 Å². The Kier molecular flexibility index (Phi) is 4.89. The lowest BCUT2D eigenvalue weighted by atomic mass is 10.0. The molecule has 4 nitrogen and oxygen atoms in total. The van der Waals surface area contributed by atoms with Crippen LogP contribution in [0.1, 0.15) is 30.0 Å². The van der Waals surface area contributed by atoms with Crippen LogP contribution >= 0.6 is 0 Å². The van der Waals surface area contributed by atoms with Crippen molar-refractivity contribution in [2.75, 3.05) is 7.11 Å². The van der Waals surface area contributed by atoms with Gasteiger partial charge in [-0.15, -0.1) is 0 Å². The predicted octanol–water partition coefficient (Wildman–Crippen LogP) is 1.91. The molecule has 0 aromatic heterocycles. The van der Waals surface area contributed by atoms with Crippen LogP contribution in [0, 0.1) is 13.8 Å². The number of ether oxygens (including phenoxy) is 1. The van der Waals surface area contributed by atoms with Gasteiger partial charge in [0.15, 0.2) is 0 Å². The summed E-state index contributed by atoms with van der Waals surface area (Å²) in [5, 5.41) is 2.74. The molecular weight excluding hydrogens is 230 g/mol. The molecule has 0 atom stereocenters. The van der Waals surface area contributed by atoms with Gasteiger partial charge in [0.05, 0.1) is 13.5 Å². The molecule has 4 heteroatoms. The molecular formula is C14H19NO3. The smallest absolute Gasteiger partial charge is 0.227 e. The molecule has 18 heavy (non-hydrogen) atoms. The van der Waals surface area contributed by atoms with Gasteiger partial charge in [0.1, 0.15) is 11.5 Å². The Morgan fingerprint density at radius 3 is 2.44 bits per heavy atom. The van der Waals surface area contributed by atoms with Crippen LogP contribution in [-0.2, 0) is 16.1 Å². The lowest BCUT2D eigenvalue weighted by Crippen LogP contribution is -2.24. The second-order valence-electron chi connectivity index (χ2n) is 4.40. The van der Waals surface area contributed by atoms with Gasteiger partial charge in [0.2, 0.25) is 5.91 Å². The highest BCUT2D eigenvalue weighted by Gasteiger charge is 2.08. The van der Waals surface area contributed by atoms with E-state index in [1.165, 1.54) is 6.92 Å². The Labute approximate surface area is 107 Å². The second-order valence-corrected chi connectivity index (χ2v) is 4.40. The highest BCUT2D eigenvalue weighted by Crippen LogP contribution is 2.22. The van der Waals surface area contributed by atoms with Crippen LogP contribution in [0.15, 0.2) is 12.1 Å². The number of aryl methyl sites for hydroxylation is 2. The maximum absolute atomic E-state index is 11.4. The molecule has 0 saturated heterocycles. The fraction of sp³-hybridized carbons (Fsp3) is 0.429. The van der Waals surface area contributed by atoms with E-state index in [2.05, 4.69) is 5.32 Å². The first-order valence-electron chi connectivity index (χ1n) is 5.84. The normalized spacial score (nSPS) is 10.0. The molecule has 0 radical (unpaired) electrons. The van der Waals surface area contributed by atoms with Crippen molar-refractivity contribution in [3.05, 3.63) is 28.8 Å². The van der Waals surface area contributed by atoms with Crippen LogP contribution in [0.3, 0.4) is 0 Å². The molecule has 1 aromatic rings. The van der Waals surface area contributed by atoms with Gasteiger partial charge in [-0.05, 0) is 43.5 Å². The van der Waals surface area contributed by atoms with Gasteiger partial charge in [0.25, 0.3) is 0 Å². The van der Waals surface area contributed by atoms with Crippen LogP contribution in [0.4, 0.5) is 0 Å². The molecule has 1 N–H and O–H groups in total. The zero-order chi connectivity index (χ0) is 13.7. The third-order valence-electron chi connectivity index (χ3n) is 2.74. The summed E-state index contributed by atoms with van der Waals surface area (Å²) in [7, 11) is 1.64. The topological polar surface area (TPSA) is 55.4 Å². The highest BCUT2D eigenvalue weighted by molar-refractivity contribution is 5.96. The largest absolute Gasteiger partial charge is 0.496 e. The Morgan fingerprint density at radius 2 is 1.89 bits per heavy atom.